The quantitative estimate of drug-likeness (QED) is 0.295. The fourth-order valence-corrected chi connectivity index (χ4v) is 4.84. The lowest BCUT2D eigenvalue weighted by Gasteiger charge is -2.34. The number of nitrogens with zero attached hydrogens (tertiary/aromatic N) is 3. The standard InChI is InChI=1S/C31H36N4O2/c1-6-27(34(19-21(2)3)31(37)33-28-22(4)13-12-14-23(28)5)29-32-26-18-11-10-17-25(26)30(36)35(29)20-24-15-8-7-9-16-24/h7-18,21,27H,6,19-20H2,1-5H3,(H,33,37). The normalized spacial score (nSPS) is 12.1. The van der Waals surface area contributed by atoms with Crippen molar-refractivity contribution in [3.05, 3.63) is 106 Å². The monoisotopic (exact) mass is 496 g/mol. The largest absolute Gasteiger partial charge is 0.322 e. The van der Waals surface area contributed by atoms with Crippen LogP contribution in [0.25, 0.3) is 10.9 Å². The second-order valence-corrected chi connectivity index (χ2v) is 10.0. The molecule has 1 aromatic heterocycles. The van der Waals surface area contributed by atoms with Gasteiger partial charge in [-0.25, -0.2) is 9.78 Å². The predicted octanol–water partition coefficient (Wildman–Crippen LogP) is 6.70. The molecule has 4 rings (SSSR count). The minimum atomic E-state index is -0.382. The number of nitrogens with one attached hydrogen (secondary N) is 1. The van der Waals surface area contributed by atoms with E-state index in [0.717, 1.165) is 22.4 Å². The lowest BCUT2D eigenvalue weighted by atomic mass is 10.1. The lowest BCUT2D eigenvalue weighted by molar-refractivity contribution is 0.170. The Morgan fingerprint density at radius 1 is 0.946 bits per heavy atom. The van der Waals surface area contributed by atoms with Crippen molar-refractivity contribution in [3.8, 4) is 0 Å². The van der Waals surface area contributed by atoms with E-state index in [2.05, 4.69) is 19.2 Å². The first-order valence-electron chi connectivity index (χ1n) is 13.0. The summed E-state index contributed by atoms with van der Waals surface area (Å²) in [6, 6.07) is 22.7. The molecule has 192 valence electrons. The molecule has 6 heteroatoms. The van der Waals surface area contributed by atoms with E-state index in [0.29, 0.717) is 36.2 Å². The van der Waals surface area contributed by atoms with Crippen LogP contribution in [-0.2, 0) is 6.54 Å². The maximum absolute atomic E-state index is 13.8. The minimum Gasteiger partial charge on any atom is -0.314 e. The van der Waals surface area contributed by atoms with E-state index in [-0.39, 0.29) is 23.6 Å². The third-order valence-electron chi connectivity index (χ3n) is 6.67. The molecule has 6 nitrogen and oxygen atoms in total. The summed E-state index contributed by atoms with van der Waals surface area (Å²) in [6.07, 6.45) is 0.618. The van der Waals surface area contributed by atoms with Crippen LogP contribution in [0, 0.1) is 19.8 Å². The number of amides is 2. The van der Waals surface area contributed by atoms with Gasteiger partial charge in [0.1, 0.15) is 5.82 Å². The molecule has 1 heterocycles. The van der Waals surface area contributed by atoms with Gasteiger partial charge in [-0.2, -0.15) is 0 Å². The highest BCUT2D eigenvalue weighted by Gasteiger charge is 2.29. The van der Waals surface area contributed by atoms with Crippen LogP contribution in [0.15, 0.2) is 77.6 Å². The van der Waals surface area contributed by atoms with Crippen LogP contribution in [-0.4, -0.2) is 27.0 Å². The van der Waals surface area contributed by atoms with Crippen LogP contribution in [0.3, 0.4) is 0 Å². The van der Waals surface area contributed by atoms with Gasteiger partial charge in [0.25, 0.3) is 5.56 Å². The average molecular weight is 497 g/mol. The molecule has 1 atom stereocenters. The number of anilines is 1. The highest BCUT2D eigenvalue weighted by atomic mass is 16.2. The minimum absolute atomic E-state index is 0.0949. The molecule has 1 N–H and O–H groups in total. The van der Waals surface area contributed by atoms with E-state index >= 15 is 0 Å². The highest BCUT2D eigenvalue weighted by molar-refractivity contribution is 5.91. The second kappa shape index (κ2) is 11.4. The average Bonchev–Trinajstić information content (AvgIpc) is 2.88. The van der Waals surface area contributed by atoms with Gasteiger partial charge in [0.15, 0.2) is 0 Å². The Morgan fingerprint density at radius 2 is 1.59 bits per heavy atom. The van der Waals surface area contributed by atoms with Gasteiger partial charge >= 0.3 is 6.03 Å². The lowest BCUT2D eigenvalue weighted by Crippen LogP contribution is -2.43. The molecule has 0 saturated carbocycles. The van der Waals surface area contributed by atoms with Crippen molar-refractivity contribution in [2.45, 2.75) is 53.6 Å². The summed E-state index contributed by atoms with van der Waals surface area (Å²) >= 11 is 0. The summed E-state index contributed by atoms with van der Waals surface area (Å²) in [7, 11) is 0. The number of hydrogen-bond donors (Lipinski definition) is 1. The molecule has 4 aromatic rings. The molecule has 2 amide bonds. The van der Waals surface area contributed by atoms with Crippen LogP contribution in [0.2, 0.25) is 0 Å². The Hall–Kier alpha value is -3.93. The zero-order valence-electron chi connectivity index (χ0n) is 22.4. The molecule has 0 saturated heterocycles. The summed E-state index contributed by atoms with van der Waals surface area (Å²) in [4.78, 5) is 34.5. The molecule has 0 spiro atoms. The number of rotatable bonds is 8. The van der Waals surface area contributed by atoms with Gasteiger partial charge in [-0.15, -0.1) is 0 Å². The van der Waals surface area contributed by atoms with Gasteiger partial charge < -0.3 is 10.2 Å². The zero-order valence-corrected chi connectivity index (χ0v) is 22.4. The maximum Gasteiger partial charge on any atom is 0.322 e. The zero-order chi connectivity index (χ0) is 26.5. The third kappa shape index (κ3) is 5.74. The SMILES string of the molecule is CCC(c1nc2ccccc2c(=O)n1Cc1ccccc1)N(CC(C)C)C(=O)Nc1c(C)cccc1C. The first kappa shape index (κ1) is 26.1. The summed E-state index contributed by atoms with van der Waals surface area (Å²) < 4.78 is 1.74. The number of aryl methyl sites for hydroxylation is 2. The van der Waals surface area contributed by atoms with Gasteiger partial charge in [0, 0.05) is 12.2 Å². The van der Waals surface area contributed by atoms with Crippen LogP contribution in [0.1, 0.15) is 55.7 Å². The summed E-state index contributed by atoms with van der Waals surface area (Å²) in [5.41, 5.74) is 4.40. The van der Waals surface area contributed by atoms with Gasteiger partial charge in [0.2, 0.25) is 0 Å². The first-order chi connectivity index (χ1) is 17.8. The molecule has 0 bridgehead atoms. The number of aromatic nitrogens is 2. The number of fused-ring (bicyclic) bond motifs is 1. The predicted molar refractivity (Wildman–Crippen MR) is 151 cm³/mol. The topological polar surface area (TPSA) is 67.2 Å². The summed E-state index contributed by atoms with van der Waals surface area (Å²) in [5.74, 6) is 0.833. The first-order valence-corrected chi connectivity index (χ1v) is 13.0. The maximum atomic E-state index is 13.8. The van der Waals surface area contributed by atoms with Crippen LogP contribution >= 0.6 is 0 Å². The Kier molecular flexibility index (Phi) is 8.07. The molecule has 0 aliphatic rings. The van der Waals surface area contributed by atoms with E-state index in [4.69, 9.17) is 4.98 Å². The van der Waals surface area contributed by atoms with Gasteiger partial charge in [-0.1, -0.05) is 81.4 Å². The van der Waals surface area contributed by atoms with E-state index in [1.54, 1.807) is 4.57 Å². The van der Waals surface area contributed by atoms with Crippen molar-refractivity contribution >= 4 is 22.6 Å². The molecule has 0 aliphatic heterocycles. The molecule has 0 radical (unpaired) electrons. The van der Waals surface area contributed by atoms with Gasteiger partial charge in [-0.05, 0) is 55.0 Å². The van der Waals surface area contributed by atoms with Crippen LogP contribution in [0.5, 0.6) is 0 Å². The molecule has 0 aliphatic carbocycles. The smallest absolute Gasteiger partial charge is 0.314 e. The number of urea groups is 1. The van der Waals surface area contributed by atoms with Gasteiger partial charge in [-0.3, -0.25) is 9.36 Å². The summed E-state index contributed by atoms with van der Waals surface area (Å²) in [6.45, 7) is 11.1. The van der Waals surface area contributed by atoms with Crippen molar-refractivity contribution in [1.29, 1.82) is 0 Å². The third-order valence-corrected chi connectivity index (χ3v) is 6.67. The van der Waals surface area contributed by atoms with E-state index in [1.807, 2.05) is 98.5 Å². The van der Waals surface area contributed by atoms with Crippen molar-refractivity contribution in [2.24, 2.45) is 5.92 Å². The number of benzene rings is 3. The fourth-order valence-electron chi connectivity index (χ4n) is 4.84. The van der Waals surface area contributed by atoms with Crippen molar-refractivity contribution in [1.82, 2.24) is 14.5 Å². The second-order valence-electron chi connectivity index (χ2n) is 10.0. The molecular weight excluding hydrogens is 460 g/mol. The number of para-hydroxylation sites is 2. The fraction of sp³-hybridized carbons (Fsp3) is 0.323. The van der Waals surface area contributed by atoms with E-state index in [9.17, 15) is 9.59 Å². The molecular formula is C31H36N4O2. The van der Waals surface area contributed by atoms with Crippen molar-refractivity contribution in [2.75, 3.05) is 11.9 Å². The van der Waals surface area contributed by atoms with Crippen LogP contribution < -0.4 is 10.9 Å². The Labute approximate surface area is 219 Å². The summed E-state index contributed by atoms with van der Waals surface area (Å²) in [5, 5.41) is 3.74. The number of hydrogen-bond acceptors (Lipinski definition) is 3. The van der Waals surface area contributed by atoms with E-state index in [1.165, 1.54) is 0 Å². The van der Waals surface area contributed by atoms with Gasteiger partial charge in [0.05, 0.1) is 23.5 Å². The number of carbonyl (C=O) groups excluding carboxylic acids is 1. The van der Waals surface area contributed by atoms with Crippen LogP contribution in [0.4, 0.5) is 10.5 Å². The van der Waals surface area contributed by atoms with Crippen molar-refractivity contribution in [3.63, 3.8) is 0 Å². The molecule has 37 heavy (non-hydrogen) atoms. The van der Waals surface area contributed by atoms with E-state index < -0.39 is 0 Å². The highest BCUT2D eigenvalue weighted by Crippen LogP contribution is 2.28. The Bertz CT molecular complexity index is 1420. The molecule has 1 unspecified atom stereocenters. The number of carbonyl (C=O) groups is 1. The Balaban J connectivity index is 1.84. The molecule has 0 fully saturated rings. The molecule has 3 aromatic carbocycles. The van der Waals surface area contributed by atoms with Crippen molar-refractivity contribution < 1.29 is 4.79 Å². The Morgan fingerprint density at radius 3 is 2.24 bits per heavy atom.